The number of esters is 1. The summed E-state index contributed by atoms with van der Waals surface area (Å²) in [7, 11) is 0. The van der Waals surface area contributed by atoms with E-state index in [0.29, 0.717) is 23.7 Å². The van der Waals surface area contributed by atoms with Gasteiger partial charge >= 0.3 is 5.97 Å². The Bertz CT molecular complexity index is 1220. The fourth-order valence-electron chi connectivity index (χ4n) is 2.96. The van der Waals surface area contributed by atoms with E-state index in [0.717, 1.165) is 0 Å². The third kappa shape index (κ3) is 4.74. The number of aromatic nitrogens is 2. The molecule has 0 bridgehead atoms. The van der Waals surface area contributed by atoms with Gasteiger partial charge in [-0.15, -0.1) is 0 Å². The monoisotopic (exact) mass is 424 g/mol. The van der Waals surface area contributed by atoms with E-state index in [4.69, 9.17) is 4.74 Å². The van der Waals surface area contributed by atoms with Crippen LogP contribution >= 0.6 is 0 Å². The van der Waals surface area contributed by atoms with Crippen molar-refractivity contribution in [3.05, 3.63) is 74.7 Å². The van der Waals surface area contributed by atoms with Crippen LogP contribution in [0.4, 0.5) is 11.4 Å². The molecule has 0 aliphatic rings. The fraction of sp³-hybridized carbons (Fsp3) is 0.238. The first-order valence-electron chi connectivity index (χ1n) is 9.58. The third-order valence-electron chi connectivity index (χ3n) is 4.47. The second-order valence-electron chi connectivity index (χ2n) is 6.77. The zero-order valence-corrected chi connectivity index (χ0v) is 16.9. The Kier molecular flexibility index (Phi) is 6.39. The van der Waals surface area contributed by atoms with Crippen LogP contribution in [0.1, 0.15) is 30.8 Å². The molecule has 0 saturated heterocycles. The highest BCUT2D eigenvalue weighted by Gasteiger charge is 2.23. The zero-order chi connectivity index (χ0) is 22.5. The molecule has 3 aromatic rings. The van der Waals surface area contributed by atoms with E-state index in [-0.39, 0.29) is 22.6 Å². The first-order chi connectivity index (χ1) is 14.8. The Morgan fingerprint density at radius 2 is 1.90 bits per heavy atom. The van der Waals surface area contributed by atoms with E-state index in [1.165, 1.54) is 35.9 Å². The largest absolute Gasteiger partial charge is 0.448 e. The molecule has 1 unspecified atom stereocenters. The molecule has 1 N–H and O–H groups in total. The van der Waals surface area contributed by atoms with Crippen LogP contribution in [0.15, 0.2) is 53.3 Å². The average Bonchev–Trinajstić information content (AvgIpc) is 2.75. The van der Waals surface area contributed by atoms with E-state index in [1.54, 1.807) is 24.3 Å². The predicted molar refractivity (Wildman–Crippen MR) is 113 cm³/mol. The minimum absolute atomic E-state index is 0.0707. The Balaban J connectivity index is 1.82. The first-order valence-corrected chi connectivity index (χ1v) is 9.58. The van der Waals surface area contributed by atoms with Crippen molar-refractivity contribution < 1.29 is 19.2 Å². The Labute approximate surface area is 176 Å². The number of amides is 1. The Morgan fingerprint density at radius 1 is 1.19 bits per heavy atom. The number of aryl methyl sites for hydroxylation is 1. The number of anilines is 1. The van der Waals surface area contributed by atoms with Crippen molar-refractivity contribution in [1.29, 1.82) is 0 Å². The molecular formula is C21H20N4O6. The number of nitro groups is 1. The average molecular weight is 424 g/mol. The second kappa shape index (κ2) is 9.16. The molecule has 0 radical (unpaired) electrons. The summed E-state index contributed by atoms with van der Waals surface area (Å²) >= 11 is 0. The third-order valence-corrected chi connectivity index (χ3v) is 4.47. The number of nitrogens with zero attached hydrogens (tertiary/aromatic N) is 3. The number of nitrogens with one attached hydrogen (secondary N) is 1. The zero-order valence-electron chi connectivity index (χ0n) is 16.9. The second-order valence-corrected chi connectivity index (χ2v) is 6.77. The number of carbonyl (C=O) groups excluding carboxylic acids is 2. The van der Waals surface area contributed by atoms with Crippen molar-refractivity contribution in [3.8, 4) is 0 Å². The van der Waals surface area contributed by atoms with Crippen molar-refractivity contribution in [2.75, 3.05) is 5.32 Å². The molecule has 0 aliphatic carbocycles. The fourth-order valence-corrected chi connectivity index (χ4v) is 2.96. The maximum absolute atomic E-state index is 12.8. The molecule has 1 heterocycles. The Morgan fingerprint density at radius 3 is 2.58 bits per heavy atom. The van der Waals surface area contributed by atoms with Crippen molar-refractivity contribution in [2.45, 2.75) is 32.9 Å². The molecule has 1 aromatic heterocycles. The maximum Gasteiger partial charge on any atom is 0.360 e. The van der Waals surface area contributed by atoms with Gasteiger partial charge in [0.25, 0.3) is 17.2 Å². The molecule has 10 nitrogen and oxygen atoms in total. The summed E-state index contributed by atoms with van der Waals surface area (Å²) in [6.45, 7) is 3.57. The molecule has 0 fully saturated rings. The normalized spacial score (nSPS) is 11.7. The number of non-ortho nitro benzene ring substituents is 1. The highest BCUT2D eigenvalue weighted by Crippen LogP contribution is 2.18. The summed E-state index contributed by atoms with van der Waals surface area (Å²) in [4.78, 5) is 48.0. The summed E-state index contributed by atoms with van der Waals surface area (Å²) < 4.78 is 6.47. The topological polar surface area (TPSA) is 133 Å². The molecule has 10 heteroatoms. The van der Waals surface area contributed by atoms with Gasteiger partial charge < -0.3 is 10.1 Å². The smallest absolute Gasteiger partial charge is 0.360 e. The minimum atomic E-state index is -1.21. The Hall–Kier alpha value is -4.08. The molecular weight excluding hydrogens is 404 g/mol. The van der Waals surface area contributed by atoms with Gasteiger partial charge in [-0.3, -0.25) is 19.7 Å². The van der Waals surface area contributed by atoms with Gasteiger partial charge in [-0.05, 0) is 25.5 Å². The molecule has 0 saturated carbocycles. The summed E-state index contributed by atoms with van der Waals surface area (Å²) in [6.07, 6.45) is -0.569. The van der Waals surface area contributed by atoms with Gasteiger partial charge in [-0.25, -0.2) is 9.48 Å². The number of hydrogen-bond acceptors (Lipinski definition) is 7. The summed E-state index contributed by atoms with van der Waals surface area (Å²) in [5.41, 5.74) is -0.373. The predicted octanol–water partition coefficient (Wildman–Crippen LogP) is 2.90. The number of hydrogen-bond donors (Lipinski definition) is 1. The highest BCUT2D eigenvalue weighted by molar-refractivity contribution is 6.03. The van der Waals surface area contributed by atoms with E-state index in [1.807, 2.05) is 6.92 Å². The van der Waals surface area contributed by atoms with Crippen LogP contribution in [-0.2, 0) is 16.1 Å². The molecule has 31 heavy (non-hydrogen) atoms. The van der Waals surface area contributed by atoms with Crippen LogP contribution in [-0.4, -0.2) is 32.7 Å². The lowest BCUT2D eigenvalue weighted by Gasteiger charge is -2.15. The molecule has 2 aromatic carbocycles. The molecule has 1 atom stereocenters. The number of carbonyl (C=O) groups is 2. The van der Waals surface area contributed by atoms with Crippen LogP contribution in [0.5, 0.6) is 0 Å². The number of fused-ring (bicyclic) bond motifs is 1. The quantitative estimate of drug-likeness (QED) is 0.350. The van der Waals surface area contributed by atoms with Gasteiger partial charge in [0.1, 0.15) is 0 Å². The summed E-state index contributed by atoms with van der Waals surface area (Å²) in [5, 5.41) is 18.1. The SMILES string of the molecule is CCCn1nc(C(=O)OC(C)C(=O)Nc2cccc([N+](=O)[O-])c2)c2ccccc2c1=O. The van der Waals surface area contributed by atoms with Crippen molar-refractivity contribution in [1.82, 2.24) is 9.78 Å². The maximum atomic E-state index is 12.8. The van der Waals surface area contributed by atoms with Crippen LogP contribution in [0.2, 0.25) is 0 Å². The van der Waals surface area contributed by atoms with Gasteiger partial charge in [-0.2, -0.15) is 5.10 Å². The van der Waals surface area contributed by atoms with E-state index in [2.05, 4.69) is 10.4 Å². The van der Waals surface area contributed by atoms with Gasteiger partial charge in [0.15, 0.2) is 11.8 Å². The van der Waals surface area contributed by atoms with E-state index < -0.39 is 22.9 Å². The number of rotatable bonds is 7. The molecule has 0 spiro atoms. The standard InChI is InChI=1S/C21H20N4O6/c1-3-11-24-20(27)17-10-5-4-9-16(17)18(23-24)21(28)31-13(2)19(26)22-14-7-6-8-15(12-14)25(29)30/h4-10,12-13H,3,11H2,1-2H3,(H,22,26). The minimum Gasteiger partial charge on any atom is -0.448 e. The molecule has 160 valence electrons. The van der Waals surface area contributed by atoms with Crippen LogP contribution in [0.3, 0.4) is 0 Å². The van der Waals surface area contributed by atoms with Crippen LogP contribution < -0.4 is 10.9 Å². The first kappa shape index (κ1) is 21.6. The lowest BCUT2D eigenvalue weighted by Crippen LogP contribution is -2.32. The van der Waals surface area contributed by atoms with E-state index >= 15 is 0 Å². The summed E-state index contributed by atoms with van der Waals surface area (Å²) in [6, 6.07) is 11.9. The van der Waals surface area contributed by atoms with Crippen LogP contribution in [0.25, 0.3) is 10.8 Å². The molecule has 1 amide bonds. The lowest BCUT2D eigenvalue weighted by atomic mass is 10.1. The number of nitro benzene ring substituents is 1. The number of ether oxygens (including phenoxy) is 1. The van der Waals surface area contributed by atoms with Gasteiger partial charge in [0.2, 0.25) is 0 Å². The van der Waals surface area contributed by atoms with Crippen LogP contribution in [0, 0.1) is 10.1 Å². The lowest BCUT2D eigenvalue weighted by molar-refractivity contribution is -0.384. The van der Waals surface area contributed by atoms with Gasteiger partial charge in [0, 0.05) is 29.8 Å². The van der Waals surface area contributed by atoms with E-state index in [9.17, 15) is 24.5 Å². The highest BCUT2D eigenvalue weighted by atomic mass is 16.6. The number of benzene rings is 2. The van der Waals surface area contributed by atoms with Gasteiger partial charge in [-0.1, -0.05) is 31.2 Å². The molecule has 3 rings (SSSR count). The summed E-state index contributed by atoms with van der Waals surface area (Å²) in [5.74, 6) is -1.53. The van der Waals surface area contributed by atoms with Crippen molar-refractivity contribution in [2.24, 2.45) is 0 Å². The van der Waals surface area contributed by atoms with Crippen molar-refractivity contribution >= 4 is 34.0 Å². The van der Waals surface area contributed by atoms with Gasteiger partial charge in [0.05, 0.1) is 10.3 Å². The van der Waals surface area contributed by atoms with Crippen molar-refractivity contribution in [3.63, 3.8) is 0 Å². The molecule has 0 aliphatic heterocycles.